The molecule has 118 valence electrons. The van der Waals surface area contributed by atoms with Crippen LogP contribution in [0.5, 0.6) is 0 Å². The molecule has 0 amide bonds. The van der Waals surface area contributed by atoms with E-state index in [1.54, 1.807) is 0 Å². The van der Waals surface area contributed by atoms with Gasteiger partial charge in [-0.3, -0.25) is 0 Å². The monoisotopic (exact) mass is 289 g/mol. The van der Waals surface area contributed by atoms with Crippen molar-refractivity contribution in [1.29, 1.82) is 0 Å². The molecule has 1 unspecified atom stereocenters. The highest BCUT2D eigenvalue weighted by atomic mass is 16.7. The van der Waals surface area contributed by atoms with Crippen molar-refractivity contribution in [2.24, 2.45) is 5.92 Å². The Kier molecular flexibility index (Phi) is 6.20. The second kappa shape index (κ2) is 7.68. The summed E-state index contributed by atoms with van der Waals surface area (Å²) in [5.74, 6) is 0.360. The molecule has 6 heteroatoms. The highest BCUT2D eigenvalue weighted by molar-refractivity contribution is 4.88. The molecule has 5 atom stereocenters. The molecule has 0 radical (unpaired) electrons. The van der Waals surface area contributed by atoms with Crippen LogP contribution in [0.15, 0.2) is 0 Å². The maximum atomic E-state index is 10.1. The van der Waals surface area contributed by atoms with E-state index in [4.69, 9.17) is 14.2 Å². The van der Waals surface area contributed by atoms with Crippen LogP contribution in [0.1, 0.15) is 26.7 Å². The number of aliphatic hydroxyl groups is 2. The number of hydrogen-bond donors (Lipinski definition) is 3. The molecule has 20 heavy (non-hydrogen) atoms. The van der Waals surface area contributed by atoms with Crippen LogP contribution < -0.4 is 5.32 Å². The van der Waals surface area contributed by atoms with E-state index in [0.29, 0.717) is 25.7 Å². The van der Waals surface area contributed by atoms with Gasteiger partial charge in [0.1, 0.15) is 12.2 Å². The number of ether oxygens (including phenoxy) is 3. The highest BCUT2D eigenvalue weighted by Crippen LogP contribution is 2.18. The molecule has 2 heterocycles. The van der Waals surface area contributed by atoms with E-state index in [1.165, 1.54) is 0 Å². The first-order valence-electron chi connectivity index (χ1n) is 7.52. The average molecular weight is 289 g/mol. The van der Waals surface area contributed by atoms with E-state index < -0.39 is 18.5 Å². The van der Waals surface area contributed by atoms with Crippen molar-refractivity contribution in [1.82, 2.24) is 5.32 Å². The van der Waals surface area contributed by atoms with Crippen molar-refractivity contribution >= 4 is 0 Å². The summed E-state index contributed by atoms with van der Waals surface area (Å²) in [5, 5.41) is 23.4. The van der Waals surface area contributed by atoms with Gasteiger partial charge in [-0.25, -0.2) is 0 Å². The van der Waals surface area contributed by atoms with Crippen molar-refractivity contribution < 1.29 is 24.4 Å². The number of hydrogen-bond acceptors (Lipinski definition) is 6. The summed E-state index contributed by atoms with van der Waals surface area (Å²) < 4.78 is 16.5. The zero-order chi connectivity index (χ0) is 14.5. The molecule has 2 fully saturated rings. The lowest BCUT2D eigenvalue weighted by Gasteiger charge is -2.38. The fourth-order valence-corrected chi connectivity index (χ4v) is 2.50. The van der Waals surface area contributed by atoms with Gasteiger partial charge in [0.2, 0.25) is 0 Å². The van der Waals surface area contributed by atoms with E-state index in [9.17, 15) is 10.2 Å². The maximum Gasteiger partial charge on any atom is 0.186 e. The van der Waals surface area contributed by atoms with Crippen LogP contribution >= 0.6 is 0 Å². The van der Waals surface area contributed by atoms with Gasteiger partial charge < -0.3 is 29.7 Å². The molecule has 0 aromatic heterocycles. The summed E-state index contributed by atoms with van der Waals surface area (Å²) in [5.41, 5.74) is 0. The standard InChI is InChI=1S/C14H27NO5/c1-9(2)7-19-14-13(17)12(16)11(8-20-14)15-6-10-4-3-5-18-10/h9-17H,3-8H2,1-2H3/t10?,11-,12+,13-,14+/m1/s1. The molecule has 2 rings (SSSR count). The van der Waals surface area contributed by atoms with E-state index >= 15 is 0 Å². The summed E-state index contributed by atoms with van der Waals surface area (Å²) in [6, 6.07) is -0.284. The zero-order valence-electron chi connectivity index (χ0n) is 12.3. The first kappa shape index (κ1) is 16.1. The lowest BCUT2D eigenvalue weighted by Crippen LogP contribution is -2.59. The Balaban J connectivity index is 1.74. The summed E-state index contributed by atoms with van der Waals surface area (Å²) in [6.45, 7) is 6.37. The predicted octanol–water partition coefficient (Wildman–Crippen LogP) is -0.126. The van der Waals surface area contributed by atoms with Gasteiger partial charge in [-0.1, -0.05) is 13.8 Å². The lowest BCUT2D eigenvalue weighted by atomic mass is 10.0. The molecule has 2 saturated heterocycles. The Hall–Kier alpha value is -0.240. The lowest BCUT2D eigenvalue weighted by molar-refractivity contribution is -0.253. The molecule has 0 aliphatic carbocycles. The minimum absolute atomic E-state index is 0.203. The molecule has 0 aromatic carbocycles. The Labute approximate surface area is 120 Å². The van der Waals surface area contributed by atoms with Gasteiger partial charge >= 0.3 is 0 Å². The Bertz CT molecular complexity index is 283. The van der Waals surface area contributed by atoms with Gasteiger partial charge in [0.25, 0.3) is 0 Å². The summed E-state index contributed by atoms with van der Waals surface area (Å²) >= 11 is 0. The Morgan fingerprint density at radius 2 is 2.05 bits per heavy atom. The second-order valence-electron chi connectivity index (χ2n) is 6.06. The normalized spacial score (nSPS) is 38.5. The minimum atomic E-state index is -1.02. The molecule has 6 nitrogen and oxygen atoms in total. The van der Waals surface area contributed by atoms with Crippen molar-refractivity contribution in [3.8, 4) is 0 Å². The predicted molar refractivity (Wildman–Crippen MR) is 73.3 cm³/mol. The minimum Gasteiger partial charge on any atom is -0.388 e. The van der Waals surface area contributed by atoms with Gasteiger partial charge in [-0.15, -0.1) is 0 Å². The Morgan fingerprint density at radius 1 is 1.25 bits per heavy atom. The van der Waals surface area contributed by atoms with Crippen LogP contribution in [0.4, 0.5) is 0 Å². The molecule has 0 spiro atoms. The molecule has 2 aliphatic heterocycles. The fourth-order valence-electron chi connectivity index (χ4n) is 2.50. The molecule has 0 aromatic rings. The van der Waals surface area contributed by atoms with Crippen molar-refractivity contribution in [2.45, 2.75) is 57.3 Å². The maximum absolute atomic E-state index is 10.1. The molecule has 0 bridgehead atoms. The smallest absolute Gasteiger partial charge is 0.186 e. The van der Waals surface area contributed by atoms with Crippen LogP contribution in [0.2, 0.25) is 0 Å². The third kappa shape index (κ3) is 4.38. The van der Waals surface area contributed by atoms with E-state index in [2.05, 4.69) is 5.32 Å². The first-order valence-corrected chi connectivity index (χ1v) is 7.52. The first-order chi connectivity index (χ1) is 9.58. The zero-order valence-corrected chi connectivity index (χ0v) is 12.3. The van der Waals surface area contributed by atoms with Crippen molar-refractivity contribution in [2.75, 3.05) is 26.4 Å². The van der Waals surface area contributed by atoms with Gasteiger partial charge in [-0.2, -0.15) is 0 Å². The van der Waals surface area contributed by atoms with Crippen LogP contribution in [0, 0.1) is 5.92 Å². The van der Waals surface area contributed by atoms with E-state index in [0.717, 1.165) is 19.4 Å². The number of rotatable bonds is 6. The summed E-state index contributed by atoms with van der Waals surface area (Å²) in [4.78, 5) is 0. The van der Waals surface area contributed by atoms with Gasteiger partial charge in [-0.05, 0) is 18.8 Å². The van der Waals surface area contributed by atoms with Gasteiger partial charge in [0.05, 0.1) is 25.4 Å². The SMILES string of the molecule is CC(C)CO[C@H]1OC[C@@H](NCC2CCCO2)[C@H](O)[C@H]1O. The second-order valence-corrected chi connectivity index (χ2v) is 6.06. The van der Waals surface area contributed by atoms with Crippen LogP contribution in [0.25, 0.3) is 0 Å². The van der Waals surface area contributed by atoms with Crippen LogP contribution in [0.3, 0.4) is 0 Å². The topological polar surface area (TPSA) is 80.2 Å². The molecule has 2 aliphatic rings. The van der Waals surface area contributed by atoms with Crippen LogP contribution in [-0.2, 0) is 14.2 Å². The van der Waals surface area contributed by atoms with Crippen molar-refractivity contribution in [3.63, 3.8) is 0 Å². The van der Waals surface area contributed by atoms with Gasteiger partial charge in [0, 0.05) is 13.2 Å². The third-order valence-electron chi connectivity index (χ3n) is 3.71. The molecule has 0 saturated carbocycles. The molecular weight excluding hydrogens is 262 g/mol. The third-order valence-corrected chi connectivity index (χ3v) is 3.71. The Morgan fingerprint density at radius 3 is 2.70 bits per heavy atom. The number of nitrogens with one attached hydrogen (secondary N) is 1. The van der Waals surface area contributed by atoms with Crippen LogP contribution in [-0.4, -0.2) is 67.2 Å². The summed E-state index contributed by atoms with van der Waals surface area (Å²) in [6.07, 6.45) is -0.322. The molecular formula is C14H27NO5. The average Bonchev–Trinajstić information content (AvgIpc) is 2.92. The number of aliphatic hydroxyl groups excluding tert-OH is 2. The molecule has 3 N–H and O–H groups in total. The van der Waals surface area contributed by atoms with E-state index in [1.807, 2.05) is 13.8 Å². The van der Waals surface area contributed by atoms with Crippen molar-refractivity contribution in [3.05, 3.63) is 0 Å². The largest absolute Gasteiger partial charge is 0.388 e. The van der Waals surface area contributed by atoms with E-state index in [-0.39, 0.29) is 12.1 Å². The summed E-state index contributed by atoms with van der Waals surface area (Å²) in [7, 11) is 0. The quantitative estimate of drug-likeness (QED) is 0.632. The fraction of sp³-hybridized carbons (Fsp3) is 1.00. The van der Waals surface area contributed by atoms with Gasteiger partial charge in [0.15, 0.2) is 6.29 Å². The highest BCUT2D eigenvalue weighted by Gasteiger charge is 2.39.